The number of nitrogens with one attached hydrogen (secondary N) is 2. The zero-order valence-electron chi connectivity index (χ0n) is 13.6. The smallest absolute Gasteiger partial charge is 0.285 e. The first kappa shape index (κ1) is 15.7. The molecular formula is C16H24ClN3O2. The van der Waals surface area contributed by atoms with E-state index in [1.54, 1.807) is 0 Å². The van der Waals surface area contributed by atoms with Crippen LogP contribution in [0.4, 0.5) is 5.69 Å². The van der Waals surface area contributed by atoms with E-state index in [0.29, 0.717) is 41.5 Å². The van der Waals surface area contributed by atoms with Gasteiger partial charge in [0.1, 0.15) is 10.7 Å². The van der Waals surface area contributed by atoms with Crippen LogP contribution >= 0.6 is 11.6 Å². The molecule has 4 rings (SSSR count). The molecule has 0 aliphatic heterocycles. The van der Waals surface area contributed by atoms with Crippen LogP contribution in [0.1, 0.15) is 40.5 Å². The van der Waals surface area contributed by atoms with E-state index in [4.69, 9.17) is 16.3 Å². The average Bonchev–Trinajstić information content (AvgIpc) is 2.47. The zero-order chi connectivity index (χ0) is 16.1. The van der Waals surface area contributed by atoms with Gasteiger partial charge < -0.3 is 10.1 Å². The van der Waals surface area contributed by atoms with Gasteiger partial charge in [-0.05, 0) is 42.9 Å². The predicted molar refractivity (Wildman–Crippen MR) is 87.6 cm³/mol. The first-order chi connectivity index (χ1) is 10.4. The fourth-order valence-corrected chi connectivity index (χ4v) is 4.48. The molecule has 22 heavy (non-hydrogen) atoms. The molecule has 4 atom stereocenters. The molecule has 0 radical (unpaired) electrons. The Bertz CT molecular complexity index is 628. The number of hydrogen-bond acceptors (Lipinski definition) is 4. The lowest BCUT2D eigenvalue weighted by atomic mass is 9.45. The van der Waals surface area contributed by atoms with Gasteiger partial charge in [0, 0.05) is 6.04 Å². The number of halogens is 1. The molecule has 1 aromatic heterocycles. The summed E-state index contributed by atoms with van der Waals surface area (Å²) in [6.45, 7) is 9.38. The topological polar surface area (TPSA) is 67.0 Å². The second-order valence-corrected chi connectivity index (χ2v) is 7.56. The van der Waals surface area contributed by atoms with E-state index in [1.807, 2.05) is 6.92 Å². The number of aromatic amines is 1. The van der Waals surface area contributed by atoms with E-state index in [-0.39, 0.29) is 10.6 Å². The van der Waals surface area contributed by atoms with Crippen molar-refractivity contribution in [3.63, 3.8) is 0 Å². The normalized spacial score (nSPS) is 32.2. The molecule has 122 valence electrons. The van der Waals surface area contributed by atoms with E-state index in [2.05, 4.69) is 36.3 Å². The number of fused-ring (bicyclic) bond motifs is 2. The quantitative estimate of drug-likeness (QED) is 0.891. The highest BCUT2D eigenvalue weighted by Crippen LogP contribution is 2.61. The van der Waals surface area contributed by atoms with Crippen molar-refractivity contribution in [3.05, 3.63) is 15.4 Å². The van der Waals surface area contributed by atoms with Crippen LogP contribution in [-0.2, 0) is 0 Å². The number of hydrogen-bond donors (Lipinski definition) is 2. The molecule has 3 aliphatic carbocycles. The lowest BCUT2D eigenvalue weighted by molar-refractivity contribution is -0.105. The Hall–Kier alpha value is -1.23. The second kappa shape index (κ2) is 5.44. The van der Waals surface area contributed by atoms with E-state index >= 15 is 0 Å². The standard InChI is InChI=1S/C16H24ClN3O2/c1-5-22-15-13(12(17)14(21)19-20-15)18-11-7-9-6-10(8(11)2)16(9,3)4/h8-11H,5-7H2,1-4H3,(H2,18,19,21)/t8?,9-,10+,11+/m0/s1. The van der Waals surface area contributed by atoms with Gasteiger partial charge in [-0.25, -0.2) is 5.10 Å². The van der Waals surface area contributed by atoms with E-state index in [0.717, 1.165) is 12.3 Å². The molecule has 0 aromatic carbocycles. The number of rotatable bonds is 4. The number of anilines is 1. The van der Waals surface area contributed by atoms with Crippen LogP contribution in [-0.4, -0.2) is 22.8 Å². The highest BCUT2D eigenvalue weighted by molar-refractivity contribution is 6.33. The van der Waals surface area contributed by atoms with Gasteiger partial charge >= 0.3 is 0 Å². The highest BCUT2D eigenvalue weighted by Gasteiger charge is 2.56. The molecule has 0 saturated heterocycles. The van der Waals surface area contributed by atoms with E-state index in [1.165, 1.54) is 6.42 Å². The van der Waals surface area contributed by atoms with Gasteiger partial charge in [-0.1, -0.05) is 32.4 Å². The Morgan fingerprint density at radius 1 is 1.45 bits per heavy atom. The summed E-state index contributed by atoms with van der Waals surface area (Å²) < 4.78 is 5.50. The van der Waals surface area contributed by atoms with Crippen LogP contribution in [0, 0.1) is 23.2 Å². The predicted octanol–water partition coefficient (Wildman–Crippen LogP) is 3.30. The van der Waals surface area contributed by atoms with Gasteiger partial charge in [0.2, 0.25) is 0 Å². The Morgan fingerprint density at radius 3 is 2.77 bits per heavy atom. The molecule has 1 aromatic rings. The first-order valence-electron chi connectivity index (χ1n) is 8.03. The van der Waals surface area contributed by atoms with Crippen LogP contribution in [0.15, 0.2) is 4.79 Å². The fraction of sp³-hybridized carbons (Fsp3) is 0.750. The maximum Gasteiger partial charge on any atom is 0.285 e. The van der Waals surface area contributed by atoms with Crippen molar-refractivity contribution in [1.82, 2.24) is 10.2 Å². The zero-order valence-corrected chi connectivity index (χ0v) is 14.3. The largest absolute Gasteiger partial charge is 0.475 e. The monoisotopic (exact) mass is 325 g/mol. The Labute approximate surface area is 135 Å². The summed E-state index contributed by atoms with van der Waals surface area (Å²) in [5.74, 6) is 2.35. The van der Waals surface area contributed by atoms with Crippen molar-refractivity contribution in [2.45, 2.75) is 46.6 Å². The van der Waals surface area contributed by atoms with Crippen molar-refractivity contribution >= 4 is 17.3 Å². The minimum atomic E-state index is -0.387. The van der Waals surface area contributed by atoms with Crippen molar-refractivity contribution < 1.29 is 4.74 Å². The fourth-order valence-electron chi connectivity index (χ4n) is 4.31. The summed E-state index contributed by atoms with van der Waals surface area (Å²) in [6.07, 6.45) is 2.41. The number of nitrogens with zero attached hydrogens (tertiary/aromatic N) is 1. The lowest BCUT2D eigenvalue weighted by Gasteiger charge is -2.62. The van der Waals surface area contributed by atoms with Gasteiger partial charge in [0.05, 0.1) is 6.61 Å². The average molecular weight is 326 g/mol. The Kier molecular flexibility index (Phi) is 3.87. The maximum absolute atomic E-state index is 11.8. The first-order valence-corrected chi connectivity index (χ1v) is 8.41. The van der Waals surface area contributed by atoms with E-state index < -0.39 is 0 Å². The molecule has 2 bridgehead atoms. The summed E-state index contributed by atoms with van der Waals surface area (Å²) in [5, 5.41) is 9.92. The number of aromatic nitrogens is 2. The van der Waals surface area contributed by atoms with Crippen molar-refractivity contribution in [2.75, 3.05) is 11.9 Å². The number of ether oxygens (including phenoxy) is 1. The lowest BCUT2D eigenvalue weighted by Crippen LogP contribution is -2.58. The van der Waals surface area contributed by atoms with Crippen molar-refractivity contribution in [3.8, 4) is 5.88 Å². The minimum Gasteiger partial charge on any atom is -0.475 e. The third-order valence-corrected chi connectivity index (χ3v) is 6.22. The summed E-state index contributed by atoms with van der Waals surface area (Å²) in [7, 11) is 0. The Morgan fingerprint density at radius 2 is 2.18 bits per heavy atom. The number of H-pyrrole nitrogens is 1. The molecule has 0 spiro atoms. The molecular weight excluding hydrogens is 302 g/mol. The van der Waals surface area contributed by atoms with Gasteiger partial charge in [-0.3, -0.25) is 4.79 Å². The van der Waals surface area contributed by atoms with Gasteiger partial charge in [-0.2, -0.15) is 0 Å². The second-order valence-electron chi connectivity index (χ2n) is 7.19. The van der Waals surface area contributed by atoms with Crippen molar-refractivity contribution in [1.29, 1.82) is 0 Å². The molecule has 5 nitrogen and oxygen atoms in total. The van der Waals surface area contributed by atoms with Gasteiger partial charge in [0.25, 0.3) is 11.4 Å². The van der Waals surface area contributed by atoms with Crippen LogP contribution in [0.25, 0.3) is 0 Å². The molecule has 0 amide bonds. The van der Waals surface area contributed by atoms with Crippen LogP contribution in [0.3, 0.4) is 0 Å². The molecule has 1 heterocycles. The third-order valence-electron chi connectivity index (χ3n) is 5.86. The SMILES string of the molecule is CCOc1n[nH]c(=O)c(Cl)c1N[C@@H]1C[C@@H]2C[C@H](C1C)C2(C)C. The van der Waals surface area contributed by atoms with Crippen LogP contribution < -0.4 is 15.6 Å². The maximum atomic E-state index is 11.8. The molecule has 3 aliphatic rings. The molecule has 2 N–H and O–H groups in total. The molecule has 3 fully saturated rings. The summed E-state index contributed by atoms with van der Waals surface area (Å²) in [5.41, 5.74) is 0.570. The summed E-state index contributed by atoms with van der Waals surface area (Å²) >= 11 is 6.18. The van der Waals surface area contributed by atoms with E-state index in [9.17, 15) is 4.79 Å². The third kappa shape index (κ3) is 2.30. The summed E-state index contributed by atoms with van der Waals surface area (Å²) in [4.78, 5) is 11.8. The minimum absolute atomic E-state index is 0.129. The molecule has 6 heteroatoms. The molecule has 3 saturated carbocycles. The summed E-state index contributed by atoms with van der Waals surface area (Å²) in [6, 6.07) is 0.303. The Balaban J connectivity index is 1.85. The van der Waals surface area contributed by atoms with Crippen molar-refractivity contribution in [2.24, 2.45) is 23.2 Å². The highest BCUT2D eigenvalue weighted by atomic mass is 35.5. The van der Waals surface area contributed by atoms with Crippen LogP contribution in [0.5, 0.6) is 5.88 Å². The van der Waals surface area contributed by atoms with Gasteiger partial charge in [0.15, 0.2) is 0 Å². The van der Waals surface area contributed by atoms with Crippen LogP contribution in [0.2, 0.25) is 5.02 Å². The van der Waals surface area contributed by atoms with Gasteiger partial charge in [-0.15, -0.1) is 5.10 Å². The molecule has 1 unspecified atom stereocenters.